The number of hydrogen-bond donors (Lipinski definition) is 1. The van der Waals surface area contributed by atoms with Crippen LogP contribution in [0.1, 0.15) is 37.8 Å². The molecule has 2 aromatic rings. The molecule has 7 heteroatoms. The van der Waals surface area contributed by atoms with Crippen molar-refractivity contribution >= 4 is 51.1 Å². The topological polar surface area (TPSA) is 49.4 Å². The van der Waals surface area contributed by atoms with Crippen LogP contribution in [0.4, 0.5) is 0 Å². The maximum absolute atomic E-state index is 13.0. The molecule has 2 aromatic carbocycles. The van der Waals surface area contributed by atoms with Gasteiger partial charge < -0.3 is 10.2 Å². The van der Waals surface area contributed by atoms with Crippen molar-refractivity contribution in [1.82, 2.24) is 10.2 Å². The molecule has 2 amide bonds. The van der Waals surface area contributed by atoms with Crippen LogP contribution in [-0.4, -0.2) is 35.1 Å². The molecular formula is C23H28BrClN2O2S. The third-order valence-electron chi connectivity index (χ3n) is 4.65. The normalized spacial score (nSPS) is 11.7. The van der Waals surface area contributed by atoms with E-state index < -0.39 is 6.04 Å². The summed E-state index contributed by atoms with van der Waals surface area (Å²) in [5.74, 6) is 0.822. The molecule has 0 heterocycles. The fraction of sp³-hybridized carbons (Fsp3) is 0.391. The lowest BCUT2D eigenvalue weighted by atomic mass is 10.1. The predicted octanol–water partition coefficient (Wildman–Crippen LogP) is 5.67. The van der Waals surface area contributed by atoms with E-state index in [-0.39, 0.29) is 11.8 Å². The second-order valence-electron chi connectivity index (χ2n) is 7.09. The molecule has 4 nitrogen and oxygen atoms in total. The molecule has 162 valence electrons. The third kappa shape index (κ3) is 8.32. The maximum Gasteiger partial charge on any atom is 0.242 e. The first-order chi connectivity index (χ1) is 14.4. The molecular weight excluding hydrogens is 484 g/mol. The Morgan fingerprint density at radius 3 is 2.57 bits per heavy atom. The molecule has 1 unspecified atom stereocenters. The first-order valence-electron chi connectivity index (χ1n) is 10.0. The molecule has 0 saturated heterocycles. The zero-order valence-corrected chi connectivity index (χ0v) is 20.5. The van der Waals surface area contributed by atoms with Gasteiger partial charge in [0, 0.05) is 28.3 Å². The Balaban J connectivity index is 2.03. The highest BCUT2D eigenvalue weighted by Crippen LogP contribution is 2.19. The first kappa shape index (κ1) is 24.8. The van der Waals surface area contributed by atoms with Crippen molar-refractivity contribution in [2.75, 3.05) is 12.3 Å². The van der Waals surface area contributed by atoms with Crippen LogP contribution in [0, 0.1) is 0 Å². The average Bonchev–Trinajstić information content (AvgIpc) is 2.73. The lowest BCUT2D eigenvalue weighted by Crippen LogP contribution is -2.48. The molecule has 2 rings (SSSR count). The van der Waals surface area contributed by atoms with Crippen molar-refractivity contribution in [3.8, 4) is 0 Å². The minimum atomic E-state index is -0.537. The van der Waals surface area contributed by atoms with Gasteiger partial charge in [-0.15, -0.1) is 11.8 Å². The molecule has 0 aromatic heterocycles. The highest BCUT2D eigenvalue weighted by Gasteiger charge is 2.25. The summed E-state index contributed by atoms with van der Waals surface area (Å²) >= 11 is 11.0. The van der Waals surface area contributed by atoms with Gasteiger partial charge in [0.1, 0.15) is 6.04 Å². The average molecular weight is 512 g/mol. The van der Waals surface area contributed by atoms with E-state index >= 15 is 0 Å². The van der Waals surface area contributed by atoms with Crippen molar-refractivity contribution in [2.24, 2.45) is 0 Å². The zero-order valence-electron chi connectivity index (χ0n) is 17.4. The van der Waals surface area contributed by atoms with Crippen LogP contribution in [0.2, 0.25) is 5.02 Å². The highest BCUT2D eigenvalue weighted by molar-refractivity contribution is 9.10. The zero-order chi connectivity index (χ0) is 21.9. The number of rotatable bonds is 11. The van der Waals surface area contributed by atoms with Gasteiger partial charge in [0.2, 0.25) is 11.8 Å². The standard InChI is InChI=1S/C23H28BrClN2O2S/c1-3-4-12-26-23(29)17(2)27(14-18-8-10-20(24)11-9-18)22(28)16-30-15-19-6-5-7-21(25)13-19/h5-11,13,17H,3-4,12,14-16H2,1-2H3,(H,26,29). The fourth-order valence-electron chi connectivity index (χ4n) is 2.87. The van der Waals surface area contributed by atoms with Crippen LogP contribution in [0.3, 0.4) is 0 Å². The van der Waals surface area contributed by atoms with E-state index in [4.69, 9.17) is 11.6 Å². The molecule has 0 saturated carbocycles. The quantitative estimate of drug-likeness (QED) is 0.396. The van der Waals surface area contributed by atoms with E-state index in [1.807, 2.05) is 48.5 Å². The lowest BCUT2D eigenvalue weighted by molar-refractivity contribution is -0.138. The van der Waals surface area contributed by atoms with Gasteiger partial charge in [-0.05, 0) is 48.7 Å². The highest BCUT2D eigenvalue weighted by atomic mass is 79.9. The molecule has 0 spiro atoms. The summed E-state index contributed by atoms with van der Waals surface area (Å²) in [5, 5.41) is 3.63. The van der Waals surface area contributed by atoms with Crippen LogP contribution in [-0.2, 0) is 21.9 Å². The van der Waals surface area contributed by atoms with E-state index in [1.54, 1.807) is 11.8 Å². The largest absolute Gasteiger partial charge is 0.354 e. The number of carbonyl (C=O) groups is 2. The van der Waals surface area contributed by atoms with Gasteiger partial charge in [-0.2, -0.15) is 0 Å². The van der Waals surface area contributed by atoms with E-state index in [2.05, 4.69) is 28.2 Å². The van der Waals surface area contributed by atoms with Gasteiger partial charge in [-0.3, -0.25) is 9.59 Å². The van der Waals surface area contributed by atoms with Crippen LogP contribution < -0.4 is 5.32 Å². The third-order valence-corrected chi connectivity index (χ3v) is 6.40. The van der Waals surface area contributed by atoms with E-state index in [9.17, 15) is 9.59 Å². The Kier molecular flexibility index (Phi) is 10.8. The molecule has 0 fully saturated rings. The number of carbonyl (C=O) groups excluding carboxylic acids is 2. The van der Waals surface area contributed by atoms with Crippen molar-refractivity contribution in [2.45, 2.75) is 45.0 Å². The Morgan fingerprint density at radius 2 is 1.90 bits per heavy atom. The number of nitrogens with one attached hydrogen (secondary N) is 1. The summed E-state index contributed by atoms with van der Waals surface area (Å²) in [6.07, 6.45) is 1.94. The summed E-state index contributed by atoms with van der Waals surface area (Å²) in [5.41, 5.74) is 2.06. The van der Waals surface area contributed by atoms with Gasteiger partial charge in [0.15, 0.2) is 0 Å². The fourth-order valence-corrected chi connectivity index (χ4v) is 4.21. The number of amides is 2. The van der Waals surface area contributed by atoms with Gasteiger partial charge in [0.25, 0.3) is 0 Å². The summed E-state index contributed by atoms with van der Waals surface area (Å²) in [4.78, 5) is 27.3. The summed E-state index contributed by atoms with van der Waals surface area (Å²) < 4.78 is 0.978. The Morgan fingerprint density at radius 1 is 1.17 bits per heavy atom. The smallest absolute Gasteiger partial charge is 0.242 e. The summed E-state index contributed by atoms with van der Waals surface area (Å²) in [7, 11) is 0. The molecule has 0 radical (unpaired) electrons. The van der Waals surface area contributed by atoms with Crippen molar-refractivity contribution in [1.29, 1.82) is 0 Å². The van der Waals surface area contributed by atoms with E-state index in [0.29, 0.717) is 29.6 Å². The van der Waals surface area contributed by atoms with Crippen LogP contribution in [0.15, 0.2) is 53.0 Å². The van der Waals surface area contributed by atoms with Crippen molar-refractivity contribution < 1.29 is 9.59 Å². The van der Waals surface area contributed by atoms with E-state index in [1.165, 1.54) is 11.8 Å². The first-order valence-corrected chi connectivity index (χ1v) is 12.4. The number of hydrogen-bond acceptors (Lipinski definition) is 3. The minimum absolute atomic E-state index is 0.0527. The van der Waals surface area contributed by atoms with Gasteiger partial charge in [-0.1, -0.05) is 65.1 Å². The maximum atomic E-state index is 13.0. The molecule has 0 aliphatic carbocycles. The number of thioether (sulfide) groups is 1. The summed E-state index contributed by atoms with van der Waals surface area (Å²) in [6, 6.07) is 14.9. The number of benzene rings is 2. The Hall–Kier alpha value is -1.50. The number of halogens is 2. The monoisotopic (exact) mass is 510 g/mol. The van der Waals surface area contributed by atoms with E-state index in [0.717, 1.165) is 28.4 Å². The molecule has 1 atom stereocenters. The van der Waals surface area contributed by atoms with Gasteiger partial charge >= 0.3 is 0 Å². The molecule has 0 aliphatic heterocycles. The van der Waals surface area contributed by atoms with Gasteiger partial charge in [0.05, 0.1) is 5.75 Å². The SMILES string of the molecule is CCCCNC(=O)C(C)N(Cc1ccc(Br)cc1)C(=O)CSCc1cccc(Cl)c1. The second kappa shape index (κ2) is 13.0. The Bertz CT molecular complexity index is 832. The number of unbranched alkanes of at least 4 members (excludes halogenated alkanes) is 1. The predicted molar refractivity (Wildman–Crippen MR) is 130 cm³/mol. The molecule has 30 heavy (non-hydrogen) atoms. The van der Waals surface area contributed by atoms with Crippen molar-refractivity contribution in [3.63, 3.8) is 0 Å². The van der Waals surface area contributed by atoms with Crippen LogP contribution >= 0.6 is 39.3 Å². The Labute approximate surface area is 196 Å². The minimum Gasteiger partial charge on any atom is -0.354 e. The summed E-state index contributed by atoms with van der Waals surface area (Å²) in [6.45, 7) is 4.89. The molecule has 0 aliphatic rings. The van der Waals surface area contributed by atoms with Gasteiger partial charge in [-0.25, -0.2) is 0 Å². The van der Waals surface area contributed by atoms with Crippen LogP contribution in [0.5, 0.6) is 0 Å². The second-order valence-corrected chi connectivity index (χ2v) is 9.43. The lowest BCUT2D eigenvalue weighted by Gasteiger charge is -2.29. The molecule has 0 bridgehead atoms. The number of nitrogens with zero attached hydrogens (tertiary/aromatic N) is 1. The van der Waals surface area contributed by atoms with Crippen LogP contribution in [0.25, 0.3) is 0 Å². The molecule has 1 N–H and O–H groups in total. The van der Waals surface area contributed by atoms with Crippen molar-refractivity contribution in [3.05, 3.63) is 69.2 Å².